The molecule has 2 fully saturated rings. The van der Waals surface area contributed by atoms with E-state index in [0.717, 1.165) is 7.05 Å². The SMILES string of the molecule is CN(C(=O)N(C)[C@@H]1CN(C(=O)[C@H]2CC[C@H](NC(=O)CO)CC2)C[C@H]1c1ccc(F)cc1)c1cc(C(F)(F)F)cc(C(F)(F)F)c1. The molecule has 1 aliphatic heterocycles. The lowest BCUT2D eigenvalue weighted by molar-refractivity contribution is -0.143. The first-order chi connectivity index (χ1) is 21.0. The van der Waals surface area contributed by atoms with Crippen molar-refractivity contribution in [2.24, 2.45) is 5.92 Å². The van der Waals surface area contributed by atoms with Crippen LogP contribution in [0.5, 0.6) is 0 Å². The molecule has 2 aromatic rings. The number of aliphatic hydroxyl groups is 1. The zero-order valence-electron chi connectivity index (χ0n) is 24.5. The maximum atomic E-state index is 13.7. The summed E-state index contributed by atoms with van der Waals surface area (Å²) in [4.78, 5) is 42.1. The molecule has 0 spiro atoms. The average molecular weight is 647 g/mol. The Morgan fingerprint density at radius 2 is 1.44 bits per heavy atom. The van der Waals surface area contributed by atoms with Crippen LogP contribution in [0.15, 0.2) is 42.5 Å². The van der Waals surface area contributed by atoms with E-state index in [1.54, 1.807) is 4.90 Å². The molecule has 246 valence electrons. The molecule has 0 unspecified atom stereocenters. The third-order valence-electron chi connectivity index (χ3n) is 8.53. The Hall–Kier alpha value is -3.88. The van der Waals surface area contributed by atoms with Crippen LogP contribution < -0.4 is 10.2 Å². The maximum Gasteiger partial charge on any atom is 0.416 e. The second-order valence-corrected chi connectivity index (χ2v) is 11.5. The topological polar surface area (TPSA) is 93.2 Å². The number of hydrogen-bond acceptors (Lipinski definition) is 4. The number of anilines is 1. The van der Waals surface area contributed by atoms with E-state index in [1.165, 1.54) is 36.2 Å². The van der Waals surface area contributed by atoms with Crippen LogP contribution in [0, 0.1) is 11.7 Å². The number of rotatable bonds is 6. The number of aliphatic hydroxyl groups excluding tert-OH is 1. The highest BCUT2D eigenvalue weighted by atomic mass is 19.4. The monoisotopic (exact) mass is 646 g/mol. The van der Waals surface area contributed by atoms with Gasteiger partial charge in [0.15, 0.2) is 0 Å². The second kappa shape index (κ2) is 13.2. The number of nitrogens with zero attached hydrogens (tertiary/aromatic N) is 3. The molecule has 15 heteroatoms. The number of carbonyl (C=O) groups excluding carboxylic acids is 3. The minimum atomic E-state index is -5.10. The van der Waals surface area contributed by atoms with E-state index < -0.39 is 65.5 Å². The first kappa shape index (κ1) is 34.0. The number of alkyl halides is 6. The maximum absolute atomic E-state index is 13.7. The predicted molar refractivity (Wildman–Crippen MR) is 148 cm³/mol. The van der Waals surface area contributed by atoms with Crippen LogP contribution in [-0.2, 0) is 21.9 Å². The van der Waals surface area contributed by atoms with Crippen LogP contribution in [-0.4, -0.2) is 78.6 Å². The lowest BCUT2D eigenvalue weighted by Gasteiger charge is -2.33. The van der Waals surface area contributed by atoms with Crippen molar-refractivity contribution in [3.8, 4) is 0 Å². The van der Waals surface area contributed by atoms with Gasteiger partial charge in [0.1, 0.15) is 12.4 Å². The van der Waals surface area contributed by atoms with Crippen LogP contribution in [0.1, 0.15) is 48.3 Å². The fourth-order valence-electron chi connectivity index (χ4n) is 6.03. The molecule has 0 radical (unpaired) electrons. The fraction of sp³-hybridized carbons (Fsp3) is 0.500. The summed E-state index contributed by atoms with van der Waals surface area (Å²) in [5.74, 6) is -2.13. The van der Waals surface area contributed by atoms with Crippen LogP contribution in [0.4, 0.5) is 41.2 Å². The molecule has 2 atom stereocenters. The molecule has 1 saturated carbocycles. The van der Waals surface area contributed by atoms with E-state index in [2.05, 4.69) is 5.32 Å². The fourth-order valence-corrected chi connectivity index (χ4v) is 6.03. The molecule has 2 N–H and O–H groups in total. The quantitative estimate of drug-likeness (QED) is 0.432. The second-order valence-electron chi connectivity index (χ2n) is 11.5. The van der Waals surface area contributed by atoms with Gasteiger partial charge in [-0.05, 0) is 61.6 Å². The van der Waals surface area contributed by atoms with E-state index in [0.29, 0.717) is 48.3 Å². The van der Waals surface area contributed by atoms with Crippen molar-refractivity contribution in [3.05, 3.63) is 65.0 Å². The first-order valence-electron chi connectivity index (χ1n) is 14.2. The average Bonchev–Trinajstić information content (AvgIpc) is 3.44. The number of benzene rings is 2. The number of halogens is 7. The number of likely N-dealkylation sites (tertiary alicyclic amines) is 1. The number of carbonyl (C=O) groups is 3. The van der Waals surface area contributed by atoms with Crippen molar-refractivity contribution in [3.63, 3.8) is 0 Å². The van der Waals surface area contributed by atoms with Crippen molar-refractivity contribution >= 4 is 23.5 Å². The largest absolute Gasteiger partial charge is 0.416 e. The summed E-state index contributed by atoms with van der Waals surface area (Å²) in [6.45, 7) is -0.481. The summed E-state index contributed by atoms with van der Waals surface area (Å²) in [5, 5.41) is 11.7. The lowest BCUT2D eigenvalue weighted by Crippen LogP contribution is -2.48. The minimum Gasteiger partial charge on any atom is -0.387 e. The van der Waals surface area contributed by atoms with Gasteiger partial charge in [0.25, 0.3) is 0 Å². The standard InChI is InChI=1S/C30H33F7N4O4/c1-39(23-12-19(29(32,33)34)11-20(13-23)30(35,36)37)28(45)40(2)25-15-41(14-24(25)17-3-7-21(31)8-4-17)27(44)18-5-9-22(10-6-18)38-26(43)16-42/h3-4,7-8,11-13,18,22,24-25,42H,5-6,9-10,14-16H2,1-2H3,(H,38,43)/t18-,22-,24-,25+/m0/s1. The molecule has 4 rings (SSSR count). The molecule has 45 heavy (non-hydrogen) atoms. The van der Waals surface area contributed by atoms with Gasteiger partial charge in [0.05, 0.1) is 17.2 Å². The Bertz CT molecular complexity index is 1360. The van der Waals surface area contributed by atoms with E-state index >= 15 is 0 Å². The van der Waals surface area contributed by atoms with Gasteiger partial charge in [-0.3, -0.25) is 14.5 Å². The van der Waals surface area contributed by atoms with Crippen molar-refractivity contribution in [1.29, 1.82) is 0 Å². The number of nitrogens with one attached hydrogen (secondary N) is 1. The van der Waals surface area contributed by atoms with E-state index in [-0.39, 0.29) is 37.0 Å². The van der Waals surface area contributed by atoms with Crippen molar-refractivity contribution in [2.45, 2.75) is 56.0 Å². The number of amides is 4. The molecule has 2 aliphatic rings. The summed E-state index contributed by atoms with van der Waals surface area (Å²) in [6, 6.07) is 4.49. The Labute approximate surface area is 254 Å². The van der Waals surface area contributed by atoms with Gasteiger partial charge in [-0.15, -0.1) is 0 Å². The number of likely N-dealkylation sites (N-methyl/N-ethyl adjacent to an activating group) is 1. The van der Waals surface area contributed by atoms with Crippen LogP contribution in [0.3, 0.4) is 0 Å². The third kappa shape index (κ3) is 7.86. The number of urea groups is 1. The normalized spacial score (nSPS) is 22.2. The van der Waals surface area contributed by atoms with Gasteiger partial charge in [-0.1, -0.05) is 12.1 Å². The van der Waals surface area contributed by atoms with Crippen LogP contribution in [0.2, 0.25) is 0 Å². The first-order valence-corrected chi connectivity index (χ1v) is 14.2. The predicted octanol–water partition coefficient (Wildman–Crippen LogP) is 5.01. The molecular weight excluding hydrogens is 613 g/mol. The summed E-state index contributed by atoms with van der Waals surface area (Å²) < 4.78 is 94.5. The molecule has 4 amide bonds. The Morgan fingerprint density at radius 1 is 0.889 bits per heavy atom. The molecule has 1 saturated heterocycles. The van der Waals surface area contributed by atoms with Gasteiger partial charge < -0.3 is 20.2 Å². The zero-order valence-corrected chi connectivity index (χ0v) is 24.5. The molecule has 8 nitrogen and oxygen atoms in total. The highest BCUT2D eigenvalue weighted by Gasteiger charge is 2.43. The highest BCUT2D eigenvalue weighted by Crippen LogP contribution is 2.39. The Morgan fingerprint density at radius 3 is 1.96 bits per heavy atom. The molecular formula is C30H33F7N4O4. The van der Waals surface area contributed by atoms with E-state index in [4.69, 9.17) is 5.11 Å². The summed E-state index contributed by atoms with van der Waals surface area (Å²) in [7, 11) is 2.41. The molecule has 1 aliphatic carbocycles. The van der Waals surface area contributed by atoms with Crippen molar-refractivity contribution in [1.82, 2.24) is 15.1 Å². The number of hydrogen-bond donors (Lipinski definition) is 2. The van der Waals surface area contributed by atoms with Gasteiger partial charge in [-0.25, -0.2) is 9.18 Å². The van der Waals surface area contributed by atoms with Crippen molar-refractivity contribution < 1.29 is 50.2 Å². The summed E-state index contributed by atoms with van der Waals surface area (Å²) in [6.07, 6.45) is -8.25. The Balaban J connectivity index is 1.57. The smallest absolute Gasteiger partial charge is 0.387 e. The van der Waals surface area contributed by atoms with E-state index in [9.17, 15) is 45.1 Å². The summed E-state index contributed by atoms with van der Waals surface area (Å²) >= 11 is 0. The molecule has 1 heterocycles. The lowest BCUT2D eigenvalue weighted by atomic mass is 9.85. The highest BCUT2D eigenvalue weighted by molar-refractivity contribution is 5.92. The molecule has 0 bridgehead atoms. The van der Waals surface area contributed by atoms with Crippen LogP contribution >= 0.6 is 0 Å². The van der Waals surface area contributed by atoms with Crippen LogP contribution in [0.25, 0.3) is 0 Å². The van der Waals surface area contributed by atoms with Crippen molar-refractivity contribution in [2.75, 3.05) is 38.7 Å². The molecule has 0 aromatic heterocycles. The minimum absolute atomic E-state index is 0.0223. The molecule has 2 aromatic carbocycles. The Kier molecular flexibility index (Phi) is 10.00. The summed E-state index contributed by atoms with van der Waals surface area (Å²) in [5.41, 5.74) is -3.17. The van der Waals surface area contributed by atoms with Gasteiger partial charge >= 0.3 is 18.4 Å². The van der Waals surface area contributed by atoms with Gasteiger partial charge in [0, 0.05) is 50.7 Å². The van der Waals surface area contributed by atoms with E-state index in [1.807, 2.05) is 0 Å². The zero-order chi connectivity index (χ0) is 33.3. The third-order valence-corrected chi connectivity index (χ3v) is 8.53. The van der Waals surface area contributed by atoms with Gasteiger partial charge in [-0.2, -0.15) is 26.3 Å². The van der Waals surface area contributed by atoms with Gasteiger partial charge in [0.2, 0.25) is 11.8 Å².